The van der Waals surface area contributed by atoms with Crippen molar-refractivity contribution >= 4 is 50.2 Å². The number of thioether (sulfide) groups is 1. The van der Waals surface area contributed by atoms with Crippen LogP contribution in [0.1, 0.15) is 25.3 Å². The Morgan fingerprint density at radius 1 is 1.29 bits per heavy atom. The van der Waals surface area contributed by atoms with E-state index in [-0.39, 0.29) is 11.7 Å². The molecule has 1 fully saturated rings. The van der Waals surface area contributed by atoms with Crippen molar-refractivity contribution in [2.45, 2.75) is 31.0 Å². The Labute approximate surface area is 185 Å². The quantitative estimate of drug-likeness (QED) is 0.417. The van der Waals surface area contributed by atoms with Gasteiger partial charge in [-0.1, -0.05) is 30.0 Å². The molecular formula is C20H20F3N5OS2. The highest BCUT2D eigenvalue weighted by Gasteiger charge is 2.30. The Balaban J connectivity index is 1.41. The van der Waals surface area contributed by atoms with Crippen molar-refractivity contribution in [3.05, 3.63) is 36.2 Å². The van der Waals surface area contributed by atoms with Crippen LogP contribution in [0.3, 0.4) is 0 Å². The summed E-state index contributed by atoms with van der Waals surface area (Å²) in [4.78, 5) is 27.7. The Kier molecular flexibility index (Phi) is 6.33. The van der Waals surface area contributed by atoms with E-state index in [0.29, 0.717) is 22.3 Å². The lowest BCUT2D eigenvalue weighted by molar-refractivity contribution is -0.137. The molecule has 1 atom stereocenters. The molecule has 1 N–H and O–H groups in total. The summed E-state index contributed by atoms with van der Waals surface area (Å²) in [6.07, 6.45) is -0.623. The fraction of sp³-hybridized carbons (Fsp3) is 0.400. The second-order valence-electron chi connectivity index (χ2n) is 7.43. The van der Waals surface area contributed by atoms with E-state index in [4.69, 9.17) is 0 Å². The summed E-state index contributed by atoms with van der Waals surface area (Å²) in [5.41, 5.74) is 0.164. The van der Waals surface area contributed by atoms with Crippen LogP contribution in [0.25, 0.3) is 10.3 Å². The maximum absolute atomic E-state index is 12.6. The second-order valence-corrected chi connectivity index (χ2v) is 9.37. The zero-order valence-electron chi connectivity index (χ0n) is 16.6. The van der Waals surface area contributed by atoms with Gasteiger partial charge in [0.2, 0.25) is 5.91 Å². The number of aromatic nitrogens is 3. The number of anilines is 2. The summed E-state index contributed by atoms with van der Waals surface area (Å²) in [5.74, 6) is 0.363. The number of hydrogen-bond acceptors (Lipinski definition) is 7. The number of alkyl halides is 3. The first-order chi connectivity index (χ1) is 14.8. The molecule has 3 aromatic rings. The maximum atomic E-state index is 12.6. The second kappa shape index (κ2) is 8.99. The molecule has 164 valence electrons. The molecule has 31 heavy (non-hydrogen) atoms. The maximum Gasteiger partial charge on any atom is 0.416 e. The minimum Gasteiger partial charge on any atom is -0.348 e. The molecule has 1 aromatic carbocycles. The minimum absolute atomic E-state index is 0.0706. The highest BCUT2D eigenvalue weighted by molar-refractivity contribution is 8.00. The Hall–Kier alpha value is -2.40. The number of fused-ring (bicyclic) bond motifs is 1. The van der Waals surface area contributed by atoms with Crippen LogP contribution in [-0.2, 0) is 11.0 Å². The van der Waals surface area contributed by atoms with Crippen LogP contribution in [-0.4, -0.2) is 39.7 Å². The van der Waals surface area contributed by atoms with Gasteiger partial charge in [0.1, 0.15) is 16.1 Å². The number of piperidine rings is 1. The molecular weight excluding hydrogens is 447 g/mol. The molecule has 3 heterocycles. The summed E-state index contributed by atoms with van der Waals surface area (Å²) in [5, 5.41) is 4.19. The molecule has 1 amide bonds. The minimum atomic E-state index is -4.41. The topological polar surface area (TPSA) is 71.0 Å². The van der Waals surface area contributed by atoms with Crippen LogP contribution in [0.4, 0.5) is 24.0 Å². The van der Waals surface area contributed by atoms with Crippen molar-refractivity contribution in [1.29, 1.82) is 0 Å². The molecule has 6 nitrogen and oxygen atoms in total. The highest BCUT2D eigenvalue weighted by atomic mass is 32.2. The first-order valence-electron chi connectivity index (χ1n) is 9.76. The van der Waals surface area contributed by atoms with Crippen molar-refractivity contribution in [1.82, 2.24) is 15.0 Å². The van der Waals surface area contributed by atoms with Gasteiger partial charge in [-0.15, -0.1) is 0 Å². The molecule has 4 rings (SSSR count). The predicted octanol–water partition coefficient (Wildman–Crippen LogP) is 5.07. The smallest absolute Gasteiger partial charge is 0.348 e. The van der Waals surface area contributed by atoms with Gasteiger partial charge < -0.3 is 10.2 Å². The SMILES string of the molecule is CC1CCCN(c2nc3ncnc(SCC(=O)Nc4ccc(C(F)(F)F)cc4)c3s2)C1. The predicted molar refractivity (Wildman–Crippen MR) is 117 cm³/mol. The van der Waals surface area contributed by atoms with Crippen molar-refractivity contribution in [3.8, 4) is 0 Å². The molecule has 0 aliphatic carbocycles. The van der Waals surface area contributed by atoms with E-state index in [9.17, 15) is 18.0 Å². The normalized spacial score (nSPS) is 17.2. The zero-order chi connectivity index (χ0) is 22.0. The van der Waals surface area contributed by atoms with Crippen molar-refractivity contribution < 1.29 is 18.0 Å². The third kappa shape index (κ3) is 5.27. The van der Waals surface area contributed by atoms with Crippen LogP contribution in [0.2, 0.25) is 0 Å². The van der Waals surface area contributed by atoms with Gasteiger partial charge in [-0.25, -0.2) is 9.97 Å². The third-order valence-corrected chi connectivity index (χ3v) is 7.14. The van der Waals surface area contributed by atoms with E-state index in [1.807, 2.05) is 0 Å². The van der Waals surface area contributed by atoms with E-state index in [1.54, 1.807) is 0 Å². The lowest BCUT2D eigenvalue weighted by atomic mass is 10.0. The summed E-state index contributed by atoms with van der Waals surface area (Å²) in [6.45, 7) is 4.16. The molecule has 2 aromatic heterocycles. The first kappa shape index (κ1) is 21.8. The number of hydrogen-bond donors (Lipinski definition) is 1. The molecule has 11 heteroatoms. The van der Waals surface area contributed by atoms with Crippen molar-refractivity contribution in [2.24, 2.45) is 5.92 Å². The van der Waals surface area contributed by atoms with Crippen LogP contribution in [0.5, 0.6) is 0 Å². The number of benzene rings is 1. The lowest BCUT2D eigenvalue weighted by Gasteiger charge is -2.30. The highest BCUT2D eigenvalue weighted by Crippen LogP contribution is 2.35. The number of halogens is 3. The molecule has 0 bridgehead atoms. The van der Waals surface area contributed by atoms with Crippen molar-refractivity contribution in [2.75, 3.05) is 29.1 Å². The fourth-order valence-electron chi connectivity index (χ4n) is 3.40. The average molecular weight is 468 g/mol. The summed E-state index contributed by atoms with van der Waals surface area (Å²) in [6, 6.07) is 4.36. The number of rotatable bonds is 5. The van der Waals surface area contributed by atoms with Crippen LogP contribution in [0, 0.1) is 5.92 Å². The van der Waals surface area contributed by atoms with Gasteiger partial charge in [-0.3, -0.25) is 4.79 Å². The molecule has 1 saturated heterocycles. The summed E-state index contributed by atoms with van der Waals surface area (Å²) >= 11 is 2.78. The Morgan fingerprint density at radius 3 is 2.77 bits per heavy atom. The van der Waals surface area contributed by atoms with Gasteiger partial charge in [0.15, 0.2) is 10.8 Å². The van der Waals surface area contributed by atoms with Crippen LogP contribution < -0.4 is 10.2 Å². The van der Waals surface area contributed by atoms with E-state index in [1.165, 1.54) is 48.0 Å². The number of carbonyl (C=O) groups is 1. The van der Waals surface area contributed by atoms with Gasteiger partial charge in [0.05, 0.1) is 11.3 Å². The number of amides is 1. The largest absolute Gasteiger partial charge is 0.416 e. The molecule has 0 radical (unpaired) electrons. The van der Waals surface area contributed by atoms with E-state index in [2.05, 4.69) is 32.1 Å². The monoisotopic (exact) mass is 467 g/mol. The molecule has 1 aliphatic heterocycles. The number of nitrogens with one attached hydrogen (secondary N) is 1. The van der Waals surface area contributed by atoms with E-state index < -0.39 is 11.7 Å². The van der Waals surface area contributed by atoms with Crippen LogP contribution >= 0.6 is 23.1 Å². The number of thiazole rings is 1. The van der Waals surface area contributed by atoms with E-state index >= 15 is 0 Å². The van der Waals surface area contributed by atoms with Gasteiger partial charge in [-0.05, 0) is 43.0 Å². The lowest BCUT2D eigenvalue weighted by Crippen LogP contribution is -2.34. The fourth-order valence-corrected chi connectivity index (χ4v) is 5.32. The molecule has 0 saturated carbocycles. The number of carbonyl (C=O) groups excluding carboxylic acids is 1. The number of nitrogens with zero attached hydrogens (tertiary/aromatic N) is 4. The van der Waals surface area contributed by atoms with E-state index in [0.717, 1.165) is 41.5 Å². The molecule has 1 unspecified atom stereocenters. The van der Waals surface area contributed by atoms with Gasteiger partial charge in [0.25, 0.3) is 0 Å². The Bertz CT molecular complexity index is 1070. The van der Waals surface area contributed by atoms with Gasteiger partial charge in [-0.2, -0.15) is 18.2 Å². The molecule has 0 spiro atoms. The first-order valence-corrected chi connectivity index (χ1v) is 11.6. The zero-order valence-corrected chi connectivity index (χ0v) is 18.3. The summed E-state index contributed by atoms with van der Waals surface area (Å²) in [7, 11) is 0. The Morgan fingerprint density at radius 2 is 2.06 bits per heavy atom. The standard InChI is InChI=1S/C20H20F3N5OS2/c1-12-3-2-8-28(9-12)19-27-17-16(31-19)18(25-11-24-17)30-10-15(29)26-14-6-4-13(5-7-14)20(21,22)23/h4-7,11-12H,2-3,8-10H2,1H3,(H,26,29). The van der Waals surface area contributed by atoms with Crippen molar-refractivity contribution in [3.63, 3.8) is 0 Å². The van der Waals surface area contributed by atoms with Gasteiger partial charge in [0, 0.05) is 18.8 Å². The van der Waals surface area contributed by atoms with Crippen LogP contribution in [0.15, 0.2) is 35.6 Å². The molecule has 1 aliphatic rings. The average Bonchev–Trinajstić information content (AvgIpc) is 3.17. The summed E-state index contributed by atoms with van der Waals surface area (Å²) < 4.78 is 38.8. The van der Waals surface area contributed by atoms with Gasteiger partial charge >= 0.3 is 6.18 Å². The third-order valence-electron chi connectivity index (χ3n) is 4.91.